The molecule has 1 aromatic rings. The Bertz CT molecular complexity index is 780. The first kappa shape index (κ1) is 27.9. The van der Waals surface area contributed by atoms with E-state index in [1.54, 1.807) is 0 Å². The van der Waals surface area contributed by atoms with E-state index in [1.165, 1.54) is 5.56 Å². The molecular formula is C26H45N3O3S. The van der Waals surface area contributed by atoms with E-state index in [-0.39, 0.29) is 22.3 Å². The Balaban J connectivity index is 2.13. The standard InChI is InChI=1S/C26H45N3O3S/c1-24(2,3)20-14-15-27-22(17-20)21(28-33(31)26(7,8)9)13-12-19-11-10-16-29(18-19)23(30)32-25(4,5)6/h14-15,17,19,21,28H,10-13,16,18H2,1-9H3/t19-,21?,33?/m1/s1. The van der Waals surface area contributed by atoms with Crippen molar-refractivity contribution >= 4 is 17.5 Å². The Morgan fingerprint density at radius 2 is 1.91 bits per heavy atom. The minimum atomic E-state index is -1.20. The molecule has 1 aliphatic heterocycles. The second kappa shape index (κ2) is 11.0. The van der Waals surface area contributed by atoms with Gasteiger partial charge in [0.25, 0.3) is 0 Å². The van der Waals surface area contributed by atoms with Gasteiger partial charge in [-0.3, -0.25) is 4.98 Å². The van der Waals surface area contributed by atoms with Crippen LogP contribution in [-0.2, 0) is 21.5 Å². The van der Waals surface area contributed by atoms with Crippen LogP contribution in [0.25, 0.3) is 0 Å². The normalized spacial score (nSPS) is 19.8. The van der Waals surface area contributed by atoms with Crippen molar-refractivity contribution in [3.8, 4) is 0 Å². The van der Waals surface area contributed by atoms with E-state index in [0.717, 1.165) is 37.9 Å². The summed E-state index contributed by atoms with van der Waals surface area (Å²) in [4.78, 5) is 19.0. The molecule has 188 valence electrons. The van der Waals surface area contributed by atoms with Gasteiger partial charge < -0.3 is 14.2 Å². The fourth-order valence-electron chi connectivity index (χ4n) is 3.87. The van der Waals surface area contributed by atoms with Gasteiger partial charge in [0.2, 0.25) is 0 Å². The molecule has 1 aromatic heterocycles. The van der Waals surface area contributed by atoms with Crippen molar-refractivity contribution in [3.63, 3.8) is 0 Å². The third-order valence-electron chi connectivity index (χ3n) is 5.84. The van der Waals surface area contributed by atoms with Crippen LogP contribution in [0.5, 0.6) is 0 Å². The van der Waals surface area contributed by atoms with Gasteiger partial charge in [0.1, 0.15) is 10.3 Å². The largest absolute Gasteiger partial charge is 0.598 e. The van der Waals surface area contributed by atoms with Crippen LogP contribution in [0.15, 0.2) is 18.3 Å². The second-order valence-corrected chi connectivity index (χ2v) is 14.3. The van der Waals surface area contributed by atoms with E-state index in [9.17, 15) is 9.35 Å². The number of hydrogen-bond acceptors (Lipinski definition) is 5. The zero-order valence-corrected chi connectivity index (χ0v) is 23.0. The number of aromatic nitrogens is 1. The molecule has 2 unspecified atom stereocenters. The Morgan fingerprint density at radius 3 is 2.48 bits per heavy atom. The predicted octanol–water partition coefficient (Wildman–Crippen LogP) is 5.90. The van der Waals surface area contributed by atoms with Crippen LogP contribution in [0.3, 0.4) is 0 Å². The van der Waals surface area contributed by atoms with Crippen LogP contribution in [0, 0.1) is 5.92 Å². The molecule has 1 N–H and O–H groups in total. The van der Waals surface area contributed by atoms with Crippen LogP contribution >= 0.6 is 0 Å². The molecular weight excluding hydrogens is 434 g/mol. The molecule has 0 radical (unpaired) electrons. The quantitative estimate of drug-likeness (QED) is 0.514. The molecule has 2 rings (SSSR count). The summed E-state index contributed by atoms with van der Waals surface area (Å²) >= 11 is -1.20. The minimum Gasteiger partial charge on any atom is -0.598 e. The molecule has 7 heteroatoms. The Labute approximate surface area is 204 Å². The Morgan fingerprint density at radius 1 is 1.24 bits per heavy atom. The minimum absolute atomic E-state index is 0.0166. The summed E-state index contributed by atoms with van der Waals surface area (Å²) in [6, 6.07) is 4.09. The van der Waals surface area contributed by atoms with Crippen LogP contribution < -0.4 is 4.72 Å². The lowest BCUT2D eigenvalue weighted by Gasteiger charge is -2.35. The molecule has 1 amide bonds. The lowest BCUT2D eigenvalue weighted by atomic mass is 9.86. The number of amides is 1. The molecule has 3 atom stereocenters. The van der Waals surface area contributed by atoms with Crippen LogP contribution in [0.1, 0.15) is 105 Å². The molecule has 0 aromatic carbocycles. The summed E-state index contributed by atoms with van der Waals surface area (Å²) in [6.07, 6.45) is 5.44. The molecule has 0 saturated carbocycles. The molecule has 1 fully saturated rings. The maximum atomic E-state index is 13.0. The van der Waals surface area contributed by atoms with E-state index < -0.39 is 17.0 Å². The maximum Gasteiger partial charge on any atom is 0.410 e. The highest BCUT2D eigenvalue weighted by atomic mass is 32.2. The van der Waals surface area contributed by atoms with E-state index in [1.807, 2.05) is 52.6 Å². The highest BCUT2D eigenvalue weighted by Crippen LogP contribution is 2.30. The maximum absolute atomic E-state index is 13.0. The van der Waals surface area contributed by atoms with Gasteiger partial charge >= 0.3 is 6.09 Å². The number of nitrogens with zero attached hydrogens (tertiary/aromatic N) is 2. The van der Waals surface area contributed by atoms with Gasteiger partial charge in [0, 0.05) is 30.6 Å². The second-order valence-electron chi connectivity index (χ2n) is 12.3. The van der Waals surface area contributed by atoms with E-state index in [4.69, 9.17) is 4.74 Å². The third-order valence-corrected chi connectivity index (χ3v) is 7.45. The average molecular weight is 480 g/mol. The third kappa shape index (κ3) is 9.10. The molecule has 0 spiro atoms. The number of likely N-dealkylation sites (tertiary alicyclic amines) is 1. The lowest BCUT2D eigenvalue weighted by molar-refractivity contribution is 0.0160. The van der Waals surface area contributed by atoms with Crippen molar-refractivity contribution in [3.05, 3.63) is 29.6 Å². The average Bonchev–Trinajstić information content (AvgIpc) is 2.68. The summed E-state index contributed by atoms with van der Waals surface area (Å²) in [5.74, 6) is 0.393. The van der Waals surface area contributed by atoms with Crippen LogP contribution in [0.2, 0.25) is 0 Å². The van der Waals surface area contributed by atoms with Gasteiger partial charge in [-0.15, -0.1) is 4.72 Å². The van der Waals surface area contributed by atoms with Crippen LogP contribution in [0.4, 0.5) is 4.79 Å². The number of ether oxygens (including phenoxy) is 1. The lowest BCUT2D eigenvalue weighted by Crippen LogP contribution is -2.43. The predicted molar refractivity (Wildman–Crippen MR) is 136 cm³/mol. The van der Waals surface area contributed by atoms with Crippen molar-refractivity contribution in [2.75, 3.05) is 13.1 Å². The molecule has 1 saturated heterocycles. The SMILES string of the molecule is CC(C)(C)OC(=O)N1CCC[C@H](CCC(N[S+]([O-])C(C)(C)C)c2cc(C(C)(C)C)ccn2)C1. The first-order valence-corrected chi connectivity index (χ1v) is 13.3. The number of carbonyl (C=O) groups is 1. The number of pyridine rings is 1. The molecule has 2 heterocycles. The Kier molecular flexibility index (Phi) is 9.27. The monoisotopic (exact) mass is 479 g/mol. The van der Waals surface area contributed by atoms with Gasteiger partial charge in [-0.25, -0.2) is 4.79 Å². The van der Waals surface area contributed by atoms with E-state index >= 15 is 0 Å². The van der Waals surface area contributed by atoms with Crippen molar-refractivity contribution in [2.45, 2.75) is 110 Å². The molecule has 1 aliphatic rings. The summed E-state index contributed by atoms with van der Waals surface area (Å²) < 4.78 is 21.5. The fourth-order valence-corrected chi connectivity index (χ4v) is 4.72. The van der Waals surface area contributed by atoms with Gasteiger partial charge in [-0.1, -0.05) is 20.8 Å². The fraction of sp³-hybridized carbons (Fsp3) is 0.769. The summed E-state index contributed by atoms with van der Waals surface area (Å²) in [5.41, 5.74) is 1.68. The topological polar surface area (TPSA) is 77.5 Å². The van der Waals surface area contributed by atoms with Crippen molar-refractivity contribution in [1.82, 2.24) is 14.6 Å². The van der Waals surface area contributed by atoms with Crippen LogP contribution in [-0.4, -0.2) is 44.0 Å². The van der Waals surface area contributed by atoms with Gasteiger partial charge in [0.15, 0.2) is 0 Å². The highest BCUT2D eigenvalue weighted by Gasteiger charge is 2.32. The summed E-state index contributed by atoms with van der Waals surface area (Å²) in [6.45, 7) is 19.7. The summed E-state index contributed by atoms with van der Waals surface area (Å²) in [5, 5.41) is 0. The van der Waals surface area contributed by atoms with Crippen molar-refractivity contribution < 1.29 is 14.1 Å². The van der Waals surface area contributed by atoms with E-state index in [0.29, 0.717) is 12.5 Å². The van der Waals surface area contributed by atoms with Gasteiger partial charge in [-0.05, 0) is 96.3 Å². The molecule has 0 aliphatic carbocycles. The summed E-state index contributed by atoms with van der Waals surface area (Å²) in [7, 11) is 0. The number of piperidine rings is 1. The first-order valence-electron chi connectivity index (χ1n) is 12.2. The number of hydrogen-bond donors (Lipinski definition) is 1. The smallest absolute Gasteiger partial charge is 0.410 e. The Hall–Kier alpha value is -1.31. The van der Waals surface area contributed by atoms with Crippen molar-refractivity contribution in [2.24, 2.45) is 5.92 Å². The van der Waals surface area contributed by atoms with Crippen molar-refractivity contribution in [1.29, 1.82) is 0 Å². The number of carbonyl (C=O) groups excluding carboxylic acids is 1. The number of nitrogens with one attached hydrogen (secondary N) is 1. The molecule has 33 heavy (non-hydrogen) atoms. The highest BCUT2D eigenvalue weighted by molar-refractivity contribution is 7.90. The zero-order chi connectivity index (χ0) is 25.0. The molecule has 6 nitrogen and oxygen atoms in total. The first-order chi connectivity index (χ1) is 15.1. The molecule has 0 bridgehead atoms. The number of rotatable bonds is 6. The van der Waals surface area contributed by atoms with Gasteiger partial charge in [0.05, 0.1) is 11.7 Å². The van der Waals surface area contributed by atoms with E-state index in [2.05, 4.69) is 42.6 Å². The van der Waals surface area contributed by atoms with Gasteiger partial charge in [-0.2, -0.15) is 0 Å². The zero-order valence-electron chi connectivity index (χ0n) is 22.2.